The highest BCUT2D eigenvalue weighted by Gasteiger charge is 2.27. The first-order chi connectivity index (χ1) is 9.99. The molecular formula is C16H22N2O3. The molecule has 0 unspecified atom stereocenters. The molecule has 0 saturated heterocycles. The lowest BCUT2D eigenvalue weighted by Gasteiger charge is -2.30. The molecule has 5 nitrogen and oxygen atoms in total. The van der Waals surface area contributed by atoms with Gasteiger partial charge < -0.3 is 10.4 Å². The Morgan fingerprint density at radius 1 is 1.33 bits per heavy atom. The molecule has 1 aliphatic heterocycles. The van der Waals surface area contributed by atoms with Crippen LogP contribution in [0.5, 0.6) is 0 Å². The van der Waals surface area contributed by atoms with Crippen molar-refractivity contribution in [3.63, 3.8) is 0 Å². The van der Waals surface area contributed by atoms with Crippen molar-refractivity contribution in [1.29, 1.82) is 0 Å². The lowest BCUT2D eigenvalue weighted by molar-refractivity contribution is -0.139. The zero-order valence-corrected chi connectivity index (χ0v) is 12.5. The number of aliphatic carboxylic acids is 1. The molecule has 2 amide bonds. The van der Waals surface area contributed by atoms with Gasteiger partial charge in [-0.25, -0.2) is 9.59 Å². The molecule has 0 spiro atoms. The minimum atomic E-state index is -0.984. The van der Waals surface area contributed by atoms with Crippen molar-refractivity contribution in [2.24, 2.45) is 5.92 Å². The topological polar surface area (TPSA) is 69.6 Å². The number of anilines is 1. The number of carbonyl (C=O) groups is 2. The van der Waals surface area contributed by atoms with E-state index in [0.717, 1.165) is 24.1 Å². The third kappa shape index (κ3) is 3.74. The van der Waals surface area contributed by atoms with Gasteiger partial charge in [-0.3, -0.25) is 4.90 Å². The van der Waals surface area contributed by atoms with Crippen LogP contribution in [-0.2, 0) is 11.2 Å². The number of fused-ring (bicyclic) bond motifs is 1. The summed E-state index contributed by atoms with van der Waals surface area (Å²) >= 11 is 0. The average Bonchev–Trinajstić information content (AvgIpc) is 2.45. The van der Waals surface area contributed by atoms with Crippen LogP contribution in [0.2, 0.25) is 0 Å². The number of carbonyl (C=O) groups excluding carboxylic acids is 1. The van der Waals surface area contributed by atoms with Gasteiger partial charge in [-0.1, -0.05) is 32.0 Å². The normalized spacial score (nSPS) is 15.5. The van der Waals surface area contributed by atoms with E-state index in [1.807, 2.05) is 38.1 Å². The minimum Gasteiger partial charge on any atom is -0.480 e. The quantitative estimate of drug-likeness (QED) is 0.895. The molecule has 114 valence electrons. The van der Waals surface area contributed by atoms with E-state index in [0.29, 0.717) is 13.0 Å². The van der Waals surface area contributed by atoms with Crippen LogP contribution in [0.3, 0.4) is 0 Å². The monoisotopic (exact) mass is 290 g/mol. The Kier molecular flexibility index (Phi) is 4.83. The Balaban J connectivity index is 2.12. The highest BCUT2D eigenvalue weighted by molar-refractivity contribution is 5.95. The van der Waals surface area contributed by atoms with Crippen LogP contribution in [0.25, 0.3) is 0 Å². The number of carboxylic acids is 1. The average molecular weight is 290 g/mol. The van der Waals surface area contributed by atoms with Gasteiger partial charge >= 0.3 is 12.0 Å². The van der Waals surface area contributed by atoms with Gasteiger partial charge in [0.05, 0.1) is 0 Å². The largest absolute Gasteiger partial charge is 0.480 e. The number of nitrogens with one attached hydrogen (secondary N) is 1. The molecule has 5 heteroatoms. The maximum absolute atomic E-state index is 12.4. The predicted octanol–water partition coefficient (Wildman–Crippen LogP) is 2.65. The van der Waals surface area contributed by atoms with Crippen molar-refractivity contribution in [3.8, 4) is 0 Å². The second-order valence-electron chi connectivity index (χ2n) is 5.85. The van der Waals surface area contributed by atoms with Crippen LogP contribution in [0.15, 0.2) is 24.3 Å². The molecular weight excluding hydrogens is 268 g/mol. The summed E-state index contributed by atoms with van der Waals surface area (Å²) in [5.74, 6) is -0.776. The van der Waals surface area contributed by atoms with E-state index < -0.39 is 12.0 Å². The van der Waals surface area contributed by atoms with Crippen LogP contribution in [0, 0.1) is 5.92 Å². The first-order valence-corrected chi connectivity index (χ1v) is 7.37. The highest BCUT2D eigenvalue weighted by atomic mass is 16.4. The summed E-state index contributed by atoms with van der Waals surface area (Å²) in [7, 11) is 0. The van der Waals surface area contributed by atoms with Gasteiger partial charge in [0.1, 0.15) is 6.04 Å². The first kappa shape index (κ1) is 15.4. The lowest BCUT2D eigenvalue weighted by Crippen LogP contribution is -2.49. The van der Waals surface area contributed by atoms with E-state index >= 15 is 0 Å². The van der Waals surface area contributed by atoms with E-state index in [4.69, 9.17) is 0 Å². The number of hydrogen-bond donors (Lipinski definition) is 2. The maximum atomic E-state index is 12.4. The molecule has 0 saturated carbocycles. The summed E-state index contributed by atoms with van der Waals surface area (Å²) in [6.45, 7) is 4.51. The molecule has 1 aromatic rings. The Morgan fingerprint density at radius 3 is 2.71 bits per heavy atom. The summed E-state index contributed by atoms with van der Waals surface area (Å²) in [6.07, 6.45) is 2.28. The number of benzene rings is 1. The number of aryl methyl sites for hydroxylation is 1. The molecule has 0 fully saturated rings. The summed E-state index contributed by atoms with van der Waals surface area (Å²) in [4.78, 5) is 25.3. The Morgan fingerprint density at radius 2 is 2.05 bits per heavy atom. The molecule has 2 N–H and O–H groups in total. The van der Waals surface area contributed by atoms with E-state index in [9.17, 15) is 14.7 Å². The number of amides is 2. The van der Waals surface area contributed by atoms with Crippen LogP contribution in [-0.4, -0.2) is 29.7 Å². The van der Waals surface area contributed by atoms with E-state index in [1.165, 1.54) is 0 Å². The molecule has 0 radical (unpaired) electrons. The van der Waals surface area contributed by atoms with E-state index in [-0.39, 0.29) is 11.9 Å². The fraction of sp³-hybridized carbons (Fsp3) is 0.500. The number of rotatable bonds is 4. The van der Waals surface area contributed by atoms with E-state index in [1.54, 1.807) is 4.90 Å². The molecule has 21 heavy (non-hydrogen) atoms. The first-order valence-electron chi connectivity index (χ1n) is 7.37. The zero-order chi connectivity index (χ0) is 15.4. The molecule has 1 aliphatic rings. The molecule has 1 atom stereocenters. The summed E-state index contributed by atoms with van der Waals surface area (Å²) in [5.41, 5.74) is 2.02. The number of urea groups is 1. The minimum absolute atomic E-state index is 0.208. The fourth-order valence-corrected chi connectivity index (χ4v) is 2.66. The number of carboxylic acid groups (broad SMARTS) is 1. The van der Waals surface area contributed by atoms with Crippen molar-refractivity contribution in [2.45, 2.75) is 39.2 Å². The van der Waals surface area contributed by atoms with Crippen molar-refractivity contribution in [1.82, 2.24) is 5.32 Å². The summed E-state index contributed by atoms with van der Waals surface area (Å²) < 4.78 is 0. The van der Waals surface area contributed by atoms with Crippen molar-refractivity contribution in [2.75, 3.05) is 11.4 Å². The zero-order valence-electron chi connectivity index (χ0n) is 12.5. The Hall–Kier alpha value is -2.04. The van der Waals surface area contributed by atoms with Crippen molar-refractivity contribution in [3.05, 3.63) is 29.8 Å². The third-order valence-corrected chi connectivity index (χ3v) is 3.66. The van der Waals surface area contributed by atoms with Crippen molar-refractivity contribution >= 4 is 17.7 Å². The number of nitrogens with zero attached hydrogens (tertiary/aromatic N) is 1. The fourth-order valence-electron chi connectivity index (χ4n) is 2.66. The lowest BCUT2D eigenvalue weighted by atomic mass is 10.0. The molecule has 1 heterocycles. The van der Waals surface area contributed by atoms with Gasteiger partial charge in [0, 0.05) is 12.2 Å². The van der Waals surface area contributed by atoms with Gasteiger partial charge in [-0.15, -0.1) is 0 Å². The second kappa shape index (κ2) is 6.61. The van der Waals surface area contributed by atoms with Crippen molar-refractivity contribution < 1.29 is 14.7 Å². The van der Waals surface area contributed by atoms with Gasteiger partial charge in [0.2, 0.25) is 0 Å². The standard InChI is InChI=1S/C16H22N2O3/c1-11(2)10-13(15(19)20)17-16(21)18-9-5-7-12-6-3-4-8-14(12)18/h3-4,6,8,11,13H,5,7,9-10H2,1-2H3,(H,17,21)(H,19,20)/t13-/m1/s1. The summed E-state index contributed by atoms with van der Waals surface area (Å²) in [6, 6.07) is 6.61. The van der Waals surface area contributed by atoms with Crippen LogP contribution < -0.4 is 10.2 Å². The van der Waals surface area contributed by atoms with Gasteiger partial charge in [-0.05, 0) is 36.8 Å². The summed E-state index contributed by atoms with van der Waals surface area (Å²) in [5, 5.41) is 11.9. The molecule has 0 aliphatic carbocycles. The molecule has 1 aromatic carbocycles. The number of para-hydroxylation sites is 1. The smallest absolute Gasteiger partial charge is 0.326 e. The second-order valence-corrected chi connectivity index (χ2v) is 5.85. The molecule has 2 rings (SSSR count). The highest BCUT2D eigenvalue weighted by Crippen LogP contribution is 2.26. The van der Waals surface area contributed by atoms with Crippen LogP contribution >= 0.6 is 0 Å². The maximum Gasteiger partial charge on any atom is 0.326 e. The van der Waals surface area contributed by atoms with Gasteiger partial charge in [-0.2, -0.15) is 0 Å². The number of hydrogen-bond acceptors (Lipinski definition) is 2. The van der Waals surface area contributed by atoms with E-state index in [2.05, 4.69) is 5.32 Å². The van der Waals surface area contributed by atoms with Crippen LogP contribution in [0.4, 0.5) is 10.5 Å². The Bertz CT molecular complexity index is 528. The molecule has 0 aromatic heterocycles. The third-order valence-electron chi connectivity index (χ3n) is 3.66. The predicted molar refractivity (Wildman–Crippen MR) is 81.5 cm³/mol. The van der Waals surface area contributed by atoms with Crippen LogP contribution in [0.1, 0.15) is 32.3 Å². The molecule has 0 bridgehead atoms. The van der Waals surface area contributed by atoms with Gasteiger partial charge in [0.15, 0.2) is 0 Å². The Labute approximate surface area is 125 Å². The van der Waals surface area contributed by atoms with Gasteiger partial charge in [0.25, 0.3) is 0 Å². The SMILES string of the molecule is CC(C)C[C@@H](NC(=O)N1CCCc2ccccc21)C(=O)O.